The fraction of sp³-hybridized carbons (Fsp3) is 0.857. The van der Waals surface area contributed by atoms with Gasteiger partial charge in [-0.3, -0.25) is 0 Å². The number of nitrogens with one attached hydrogen (secondary N) is 1. The number of carbonyl (C=O) groups is 1. The number of likely N-dealkylation sites (N-methyl/N-ethyl adjacent to an activating group) is 1. The summed E-state index contributed by atoms with van der Waals surface area (Å²) >= 11 is 0. The topological polar surface area (TPSA) is 52.2 Å². The molecule has 0 aliphatic carbocycles. The van der Waals surface area contributed by atoms with E-state index in [1.807, 2.05) is 6.92 Å². The van der Waals surface area contributed by atoms with Crippen LogP contribution in [0.5, 0.6) is 0 Å². The van der Waals surface area contributed by atoms with Crippen molar-refractivity contribution < 1.29 is 9.90 Å². The minimum absolute atomic E-state index is 0.472. The van der Waals surface area contributed by atoms with Gasteiger partial charge in [-0.05, 0) is 13.5 Å². The van der Waals surface area contributed by atoms with Gasteiger partial charge in [0.2, 0.25) is 0 Å². The van der Waals surface area contributed by atoms with E-state index in [0.717, 1.165) is 12.8 Å². The maximum atomic E-state index is 10.3. The maximum Gasteiger partial charge on any atom is 0.0584 e. The molecule has 0 aromatic rings. The van der Waals surface area contributed by atoms with Gasteiger partial charge in [-0.15, -0.1) is 0 Å². The van der Waals surface area contributed by atoms with Crippen LogP contribution in [0, 0.1) is 0 Å². The summed E-state index contributed by atoms with van der Waals surface area (Å²) in [5, 5.41) is 12.9. The number of hydrogen-bond acceptors (Lipinski definition) is 3. The molecular formula is C7H14NO2-. The van der Waals surface area contributed by atoms with Crippen LogP contribution in [-0.4, -0.2) is 19.1 Å². The minimum atomic E-state index is -1.00. The molecular weight excluding hydrogens is 130 g/mol. The zero-order valence-corrected chi connectivity index (χ0v) is 6.52. The Kier molecular flexibility index (Phi) is 4.94. The first-order valence-electron chi connectivity index (χ1n) is 3.60. The average molecular weight is 144 g/mol. The second-order valence-corrected chi connectivity index (χ2v) is 2.30. The molecule has 0 bridgehead atoms. The molecule has 0 spiro atoms. The van der Waals surface area contributed by atoms with Crippen molar-refractivity contribution >= 4 is 5.97 Å². The average Bonchev–Trinajstić information content (AvgIpc) is 1.89. The lowest BCUT2D eigenvalue weighted by Gasteiger charge is -2.15. The number of aliphatic carboxylic acids is 1. The van der Waals surface area contributed by atoms with E-state index in [2.05, 4.69) is 5.32 Å². The van der Waals surface area contributed by atoms with E-state index in [4.69, 9.17) is 0 Å². The summed E-state index contributed by atoms with van der Waals surface area (Å²) in [6, 6.07) is -0.472. The van der Waals surface area contributed by atoms with Crippen molar-refractivity contribution in [3.63, 3.8) is 0 Å². The van der Waals surface area contributed by atoms with Gasteiger partial charge in [0.15, 0.2) is 0 Å². The molecule has 3 heteroatoms. The molecule has 0 fully saturated rings. The van der Waals surface area contributed by atoms with E-state index in [-0.39, 0.29) is 0 Å². The van der Waals surface area contributed by atoms with Gasteiger partial charge >= 0.3 is 0 Å². The van der Waals surface area contributed by atoms with Crippen LogP contribution in [0.2, 0.25) is 0 Å². The van der Waals surface area contributed by atoms with Crippen molar-refractivity contribution in [3.8, 4) is 0 Å². The monoisotopic (exact) mass is 144 g/mol. The molecule has 0 radical (unpaired) electrons. The van der Waals surface area contributed by atoms with Crippen LogP contribution >= 0.6 is 0 Å². The maximum absolute atomic E-state index is 10.3. The summed E-state index contributed by atoms with van der Waals surface area (Å²) < 4.78 is 0. The summed E-state index contributed by atoms with van der Waals surface area (Å²) in [5.41, 5.74) is 0. The summed E-state index contributed by atoms with van der Waals surface area (Å²) in [5.74, 6) is -1.00. The smallest absolute Gasteiger partial charge is 0.0584 e. The fourth-order valence-corrected chi connectivity index (χ4v) is 0.788. The highest BCUT2D eigenvalue weighted by atomic mass is 16.4. The zero-order chi connectivity index (χ0) is 7.98. The Hall–Kier alpha value is -0.570. The molecule has 0 saturated carbocycles. The minimum Gasteiger partial charge on any atom is -0.548 e. The molecule has 0 aliphatic rings. The molecule has 0 saturated heterocycles. The number of hydrogen-bond donors (Lipinski definition) is 1. The lowest BCUT2D eigenvalue weighted by Crippen LogP contribution is -2.43. The normalized spacial score (nSPS) is 13.0. The zero-order valence-electron chi connectivity index (χ0n) is 6.52. The van der Waals surface area contributed by atoms with Crippen molar-refractivity contribution in [1.29, 1.82) is 0 Å². The molecule has 10 heavy (non-hydrogen) atoms. The summed E-state index contributed by atoms with van der Waals surface area (Å²) in [4.78, 5) is 10.3. The number of unbranched alkanes of at least 4 members (excludes halogenated alkanes) is 1. The number of carboxylic acid groups (broad SMARTS) is 1. The van der Waals surface area contributed by atoms with Crippen molar-refractivity contribution in [2.24, 2.45) is 0 Å². The highest BCUT2D eigenvalue weighted by molar-refractivity contribution is 5.70. The van der Waals surface area contributed by atoms with Crippen molar-refractivity contribution in [2.45, 2.75) is 32.2 Å². The van der Waals surface area contributed by atoms with E-state index in [1.54, 1.807) is 7.05 Å². The Morgan fingerprint density at radius 3 is 2.60 bits per heavy atom. The number of carbonyl (C=O) groups excluding carboxylic acids is 1. The van der Waals surface area contributed by atoms with Crippen LogP contribution in [0.3, 0.4) is 0 Å². The Balaban J connectivity index is 3.50. The molecule has 1 unspecified atom stereocenters. The fourth-order valence-electron chi connectivity index (χ4n) is 0.788. The van der Waals surface area contributed by atoms with Gasteiger partial charge in [-0.1, -0.05) is 19.8 Å². The Bertz CT molecular complexity index is 104. The first kappa shape index (κ1) is 9.43. The van der Waals surface area contributed by atoms with E-state index in [1.165, 1.54) is 0 Å². The van der Waals surface area contributed by atoms with Crippen LogP contribution < -0.4 is 10.4 Å². The lowest BCUT2D eigenvalue weighted by atomic mass is 10.1. The van der Waals surface area contributed by atoms with Crippen LogP contribution in [0.4, 0.5) is 0 Å². The summed E-state index contributed by atoms with van der Waals surface area (Å²) in [6.07, 6.45) is 2.61. The summed E-state index contributed by atoms with van der Waals surface area (Å²) in [6.45, 7) is 2.03. The molecule has 1 N–H and O–H groups in total. The molecule has 60 valence electrons. The van der Waals surface area contributed by atoms with Crippen molar-refractivity contribution in [3.05, 3.63) is 0 Å². The Morgan fingerprint density at radius 2 is 2.30 bits per heavy atom. The van der Waals surface area contributed by atoms with Gasteiger partial charge in [-0.2, -0.15) is 0 Å². The standard InChI is InChI=1S/C7H15NO2/c1-3-4-5-6(8-2)7(9)10/h6,8H,3-5H2,1-2H3,(H,9,10)/p-1. The highest BCUT2D eigenvalue weighted by Gasteiger charge is 2.04. The molecule has 0 aromatic carbocycles. The largest absolute Gasteiger partial charge is 0.548 e. The van der Waals surface area contributed by atoms with Gasteiger partial charge in [0.1, 0.15) is 0 Å². The third-order valence-corrected chi connectivity index (χ3v) is 1.48. The van der Waals surface area contributed by atoms with Gasteiger partial charge in [0.05, 0.1) is 5.97 Å². The molecule has 1 atom stereocenters. The SMILES string of the molecule is CCCCC(NC)C(=O)[O-]. The Morgan fingerprint density at radius 1 is 1.70 bits per heavy atom. The molecule has 0 rings (SSSR count). The summed E-state index contributed by atoms with van der Waals surface area (Å²) in [7, 11) is 1.64. The molecule has 0 amide bonds. The molecule has 3 nitrogen and oxygen atoms in total. The van der Waals surface area contributed by atoms with E-state index < -0.39 is 12.0 Å². The number of rotatable bonds is 5. The van der Waals surface area contributed by atoms with E-state index in [9.17, 15) is 9.90 Å². The van der Waals surface area contributed by atoms with E-state index >= 15 is 0 Å². The van der Waals surface area contributed by atoms with Gasteiger partial charge < -0.3 is 15.2 Å². The first-order valence-corrected chi connectivity index (χ1v) is 3.60. The quantitative estimate of drug-likeness (QED) is 0.566. The Labute approximate surface area is 61.4 Å². The van der Waals surface area contributed by atoms with Crippen LogP contribution in [0.15, 0.2) is 0 Å². The van der Waals surface area contributed by atoms with Crippen molar-refractivity contribution in [2.75, 3.05) is 7.05 Å². The third kappa shape index (κ3) is 3.45. The van der Waals surface area contributed by atoms with Crippen LogP contribution in [-0.2, 0) is 4.79 Å². The molecule has 0 aromatic heterocycles. The second-order valence-electron chi connectivity index (χ2n) is 2.30. The number of carboxylic acids is 1. The molecule has 0 heterocycles. The molecule has 0 aliphatic heterocycles. The van der Waals surface area contributed by atoms with Gasteiger partial charge in [0, 0.05) is 6.04 Å². The predicted molar refractivity (Wildman–Crippen MR) is 37.4 cm³/mol. The predicted octanol–water partition coefficient (Wildman–Crippen LogP) is -0.485. The van der Waals surface area contributed by atoms with Crippen molar-refractivity contribution in [1.82, 2.24) is 5.32 Å². The van der Waals surface area contributed by atoms with Crippen LogP contribution in [0.1, 0.15) is 26.2 Å². The van der Waals surface area contributed by atoms with Gasteiger partial charge in [0.25, 0.3) is 0 Å². The second kappa shape index (κ2) is 5.23. The van der Waals surface area contributed by atoms with E-state index in [0.29, 0.717) is 6.42 Å². The van der Waals surface area contributed by atoms with Crippen LogP contribution in [0.25, 0.3) is 0 Å². The van der Waals surface area contributed by atoms with Gasteiger partial charge in [-0.25, -0.2) is 0 Å². The highest BCUT2D eigenvalue weighted by Crippen LogP contribution is 1.98. The first-order chi connectivity index (χ1) is 4.72. The lowest BCUT2D eigenvalue weighted by molar-refractivity contribution is -0.308. The third-order valence-electron chi connectivity index (χ3n) is 1.48.